The van der Waals surface area contributed by atoms with Gasteiger partial charge in [0.1, 0.15) is 11.5 Å². The van der Waals surface area contributed by atoms with Gasteiger partial charge < -0.3 is 10.8 Å². The molecule has 0 saturated heterocycles. The van der Waals surface area contributed by atoms with Crippen LogP contribution in [-0.4, -0.2) is 22.6 Å². The molecule has 0 aromatic heterocycles. The Morgan fingerprint density at radius 1 is 1.56 bits per heavy atom. The fourth-order valence-corrected chi connectivity index (χ4v) is 1.36. The van der Waals surface area contributed by atoms with Gasteiger partial charge in [0.2, 0.25) is 0 Å². The van der Waals surface area contributed by atoms with Crippen molar-refractivity contribution in [3.63, 3.8) is 0 Å². The van der Waals surface area contributed by atoms with Crippen molar-refractivity contribution in [2.24, 2.45) is 10.7 Å². The minimum Gasteiger partial charge on any atom is -0.505 e. The number of carbonyl (C=O) groups excluding carboxylic acids is 1. The maximum atomic E-state index is 11.3. The summed E-state index contributed by atoms with van der Waals surface area (Å²) in [6.45, 7) is 3.19. The minimum absolute atomic E-state index is 0.0722. The third-order valence-corrected chi connectivity index (χ3v) is 2.29. The van der Waals surface area contributed by atoms with Gasteiger partial charge in [0.05, 0.1) is 11.4 Å². The van der Waals surface area contributed by atoms with Crippen molar-refractivity contribution in [1.82, 2.24) is 0 Å². The van der Waals surface area contributed by atoms with E-state index in [0.717, 1.165) is 5.56 Å². The second kappa shape index (κ2) is 4.99. The van der Waals surface area contributed by atoms with Crippen LogP contribution in [0.15, 0.2) is 17.1 Å². The lowest BCUT2D eigenvalue weighted by Crippen LogP contribution is -2.12. The van der Waals surface area contributed by atoms with Crippen molar-refractivity contribution in [1.29, 1.82) is 0 Å². The number of ketones is 1. The van der Waals surface area contributed by atoms with Crippen LogP contribution in [0.1, 0.15) is 22.8 Å². The first-order chi connectivity index (χ1) is 7.45. The minimum atomic E-state index is -0.220. The fourth-order valence-electron chi connectivity index (χ4n) is 1.30. The van der Waals surface area contributed by atoms with E-state index >= 15 is 0 Å². The molecule has 0 aliphatic heterocycles. The van der Waals surface area contributed by atoms with E-state index in [1.807, 2.05) is 6.92 Å². The highest BCUT2D eigenvalue weighted by Gasteiger charge is 2.12. The number of Topliss-reactive ketones (excluding diaryl/α,β-unsaturated/α-hetero) is 1. The van der Waals surface area contributed by atoms with Crippen LogP contribution in [0, 0.1) is 6.92 Å². The smallest absolute Gasteiger partial charge is 0.163 e. The number of carbonyl (C=O) groups is 1. The monoisotopic (exact) mass is 240 g/mol. The zero-order valence-electron chi connectivity index (χ0n) is 9.12. The zero-order valence-corrected chi connectivity index (χ0v) is 9.88. The maximum absolute atomic E-state index is 11.3. The van der Waals surface area contributed by atoms with E-state index in [1.54, 1.807) is 12.1 Å². The Morgan fingerprint density at radius 3 is 2.69 bits per heavy atom. The van der Waals surface area contributed by atoms with Crippen LogP contribution in [0.5, 0.6) is 5.75 Å². The summed E-state index contributed by atoms with van der Waals surface area (Å²) in [5.41, 5.74) is 6.80. The number of rotatable bonds is 3. The number of nitrogens with two attached hydrogens (primary N) is 1. The summed E-state index contributed by atoms with van der Waals surface area (Å²) in [7, 11) is 0. The Hall–Kier alpha value is -1.55. The van der Waals surface area contributed by atoms with E-state index < -0.39 is 0 Å². The molecule has 0 bridgehead atoms. The lowest BCUT2D eigenvalue weighted by molar-refractivity contribution is 0.101. The summed E-state index contributed by atoms with van der Waals surface area (Å²) in [4.78, 5) is 15.2. The number of phenolic OH excluding ortho intramolecular Hbond substituents is 1. The molecule has 0 aliphatic carbocycles. The number of aryl methyl sites for hydroxylation is 1. The molecule has 0 aliphatic rings. The molecule has 1 aromatic rings. The van der Waals surface area contributed by atoms with Gasteiger partial charge in [-0.05, 0) is 31.5 Å². The molecule has 0 radical (unpaired) electrons. The number of alkyl halides is 1. The van der Waals surface area contributed by atoms with Gasteiger partial charge in [-0.25, -0.2) is 4.99 Å². The second-order valence-corrected chi connectivity index (χ2v) is 3.74. The van der Waals surface area contributed by atoms with Gasteiger partial charge >= 0.3 is 0 Å². The number of phenols is 1. The Balaban J connectivity index is 3.35. The summed E-state index contributed by atoms with van der Waals surface area (Å²) < 4.78 is 0. The molecule has 0 saturated carbocycles. The molecule has 86 valence electrons. The normalized spacial score (nSPS) is 11.6. The summed E-state index contributed by atoms with van der Waals surface area (Å²) in [5, 5.41) is 9.80. The number of aromatic hydroxyl groups is 1. The molecule has 1 aromatic carbocycles. The number of amidine groups is 1. The Bertz CT molecular complexity index is 456. The summed E-state index contributed by atoms with van der Waals surface area (Å²) in [6, 6.07) is 3.24. The molecule has 5 heteroatoms. The van der Waals surface area contributed by atoms with Crippen molar-refractivity contribution >= 4 is 28.9 Å². The molecular formula is C11H13ClN2O2. The highest BCUT2D eigenvalue weighted by atomic mass is 35.5. The van der Waals surface area contributed by atoms with E-state index in [2.05, 4.69) is 4.99 Å². The molecule has 0 atom stereocenters. The average molecular weight is 241 g/mol. The SMILES string of the molecule is CC(=O)c1cc(C)cc(N=C(N)CCl)c1O. The highest BCUT2D eigenvalue weighted by Crippen LogP contribution is 2.32. The molecule has 4 nitrogen and oxygen atoms in total. The standard InChI is InChI=1S/C11H13ClN2O2/c1-6-3-8(7(2)15)11(16)9(4-6)14-10(13)5-12/h3-4,16H,5H2,1-2H3,(H2,13,14). The summed E-state index contributed by atoms with van der Waals surface area (Å²) in [6.07, 6.45) is 0. The summed E-state index contributed by atoms with van der Waals surface area (Å²) in [5.74, 6) is -0.117. The molecule has 1 rings (SSSR count). The van der Waals surface area contributed by atoms with Crippen LogP contribution < -0.4 is 5.73 Å². The quantitative estimate of drug-likeness (QED) is 0.368. The van der Waals surface area contributed by atoms with Crippen molar-refractivity contribution in [3.05, 3.63) is 23.3 Å². The van der Waals surface area contributed by atoms with Crippen LogP contribution >= 0.6 is 11.6 Å². The van der Waals surface area contributed by atoms with Crippen LogP contribution in [0.3, 0.4) is 0 Å². The highest BCUT2D eigenvalue weighted by molar-refractivity contribution is 6.28. The predicted molar refractivity (Wildman–Crippen MR) is 64.9 cm³/mol. The van der Waals surface area contributed by atoms with Gasteiger partial charge in [-0.15, -0.1) is 11.6 Å². The Kier molecular flexibility index (Phi) is 3.90. The molecular weight excluding hydrogens is 228 g/mol. The van der Waals surface area contributed by atoms with Crippen LogP contribution in [0.25, 0.3) is 0 Å². The first-order valence-corrected chi connectivity index (χ1v) is 5.22. The lowest BCUT2D eigenvalue weighted by atomic mass is 10.1. The zero-order chi connectivity index (χ0) is 12.3. The molecule has 0 fully saturated rings. The largest absolute Gasteiger partial charge is 0.505 e. The first-order valence-electron chi connectivity index (χ1n) is 4.69. The van der Waals surface area contributed by atoms with Gasteiger partial charge in [-0.1, -0.05) is 0 Å². The topological polar surface area (TPSA) is 75.7 Å². The molecule has 0 heterocycles. The van der Waals surface area contributed by atoms with E-state index in [0.29, 0.717) is 0 Å². The van der Waals surface area contributed by atoms with Crippen molar-refractivity contribution in [3.8, 4) is 5.75 Å². The van der Waals surface area contributed by atoms with Gasteiger partial charge in [-0.2, -0.15) is 0 Å². The van der Waals surface area contributed by atoms with Crippen LogP contribution in [-0.2, 0) is 0 Å². The lowest BCUT2D eigenvalue weighted by Gasteiger charge is -2.06. The third kappa shape index (κ3) is 2.73. The second-order valence-electron chi connectivity index (χ2n) is 3.47. The van der Waals surface area contributed by atoms with Gasteiger partial charge in [0, 0.05) is 0 Å². The number of aliphatic imine (C=N–C) groups is 1. The van der Waals surface area contributed by atoms with E-state index in [1.165, 1.54) is 6.92 Å². The van der Waals surface area contributed by atoms with Gasteiger partial charge in [0.25, 0.3) is 0 Å². The maximum Gasteiger partial charge on any atom is 0.163 e. The Labute approximate surface area is 98.8 Å². The fraction of sp³-hybridized carbons (Fsp3) is 0.273. The van der Waals surface area contributed by atoms with Gasteiger partial charge in [-0.3, -0.25) is 4.79 Å². The predicted octanol–water partition coefficient (Wildman–Crippen LogP) is 2.13. The van der Waals surface area contributed by atoms with Crippen molar-refractivity contribution in [2.75, 3.05) is 5.88 Å². The average Bonchev–Trinajstić information content (AvgIpc) is 2.22. The molecule has 0 unspecified atom stereocenters. The van der Waals surface area contributed by atoms with E-state index in [-0.39, 0.29) is 34.5 Å². The van der Waals surface area contributed by atoms with E-state index in [9.17, 15) is 9.90 Å². The Morgan fingerprint density at radius 2 is 2.19 bits per heavy atom. The van der Waals surface area contributed by atoms with Crippen LogP contribution in [0.4, 0.5) is 5.69 Å². The molecule has 0 spiro atoms. The molecule has 3 N–H and O–H groups in total. The number of hydrogen-bond acceptors (Lipinski definition) is 3. The number of benzene rings is 1. The molecule has 0 amide bonds. The van der Waals surface area contributed by atoms with E-state index in [4.69, 9.17) is 17.3 Å². The summed E-state index contributed by atoms with van der Waals surface area (Å²) >= 11 is 5.49. The number of halogens is 1. The van der Waals surface area contributed by atoms with Crippen molar-refractivity contribution in [2.45, 2.75) is 13.8 Å². The van der Waals surface area contributed by atoms with Crippen molar-refractivity contribution < 1.29 is 9.90 Å². The first kappa shape index (κ1) is 12.5. The van der Waals surface area contributed by atoms with Crippen LogP contribution in [0.2, 0.25) is 0 Å². The number of nitrogens with zero attached hydrogens (tertiary/aromatic N) is 1. The number of hydrogen-bond donors (Lipinski definition) is 2. The van der Waals surface area contributed by atoms with Gasteiger partial charge in [0.15, 0.2) is 11.5 Å². The molecule has 16 heavy (non-hydrogen) atoms. The third-order valence-electron chi connectivity index (χ3n) is 2.01.